The molecule has 0 amide bonds. The molecule has 2 rings (SSSR count). The molecule has 0 spiro atoms. The summed E-state index contributed by atoms with van der Waals surface area (Å²) in [6.45, 7) is 8.25. The summed E-state index contributed by atoms with van der Waals surface area (Å²) < 4.78 is 15.6. The van der Waals surface area contributed by atoms with Crippen LogP contribution in [-0.2, 0) is 33.4 Å². The molecule has 0 radical (unpaired) electrons. The van der Waals surface area contributed by atoms with Gasteiger partial charge in [-0.25, -0.2) is 14.4 Å². The predicted octanol–water partition coefficient (Wildman–Crippen LogP) is 4.41. The zero-order valence-corrected chi connectivity index (χ0v) is 24.0. The van der Waals surface area contributed by atoms with Crippen molar-refractivity contribution in [2.75, 3.05) is 13.2 Å². The van der Waals surface area contributed by atoms with Crippen LogP contribution in [0.25, 0.3) is 5.57 Å². The Hall–Kier alpha value is -4.37. The summed E-state index contributed by atoms with van der Waals surface area (Å²) >= 11 is 0. The number of carbonyl (C=O) groups excluding carboxylic acids is 5. The summed E-state index contributed by atoms with van der Waals surface area (Å²) in [4.78, 5) is 64.0. The molecule has 0 aromatic heterocycles. The number of ketones is 2. The van der Waals surface area contributed by atoms with Gasteiger partial charge in [-0.05, 0) is 45.3 Å². The molecule has 0 fully saturated rings. The molecule has 0 aliphatic carbocycles. The molecular formula is C32H36O9. The van der Waals surface area contributed by atoms with Gasteiger partial charge >= 0.3 is 17.9 Å². The minimum absolute atomic E-state index is 0.0127. The van der Waals surface area contributed by atoms with Gasteiger partial charge in [-0.3, -0.25) is 9.59 Å². The maximum Gasteiger partial charge on any atom is 0.343 e. The van der Waals surface area contributed by atoms with Gasteiger partial charge in [-0.15, -0.1) is 0 Å². The minimum Gasteiger partial charge on any atom is -0.463 e. The van der Waals surface area contributed by atoms with Crippen molar-refractivity contribution >= 4 is 35.0 Å². The number of rotatable bonds is 14. The number of hydrogen-bond donors (Lipinski definition) is 1. The van der Waals surface area contributed by atoms with Crippen molar-refractivity contribution in [3.63, 3.8) is 0 Å². The Morgan fingerprint density at radius 3 is 1.90 bits per heavy atom. The van der Waals surface area contributed by atoms with Crippen molar-refractivity contribution < 1.29 is 43.3 Å². The van der Waals surface area contributed by atoms with E-state index in [1.807, 2.05) is 0 Å². The van der Waals surface area contributed by atoms with Gasteiger partial charge in [0, 0.05) is 27.8 Å². The molecule has 41 heavy (non-hydrogen) atoms. The van der Waals surface area contributed by atoms with Crippen molar-refractivity contribution in [1.29, 1.82) is 0 Å². The van der Waals surface area contributed by atoms with Gasteiger partial charge < -0.3 is 19.3 Å². The normalized spacial score (nSPS) is 13.4. The lowest BCUT2D eigenvalue weighted by atomic mass is 9.88. The predicted molar refractivity (Wildman–Crippen MR) is 152 cm³/mol. The van der Waals surface area contributed by atoms with Crippen LogP contribution in [0.5, 0.6) is 0 Å². The summed E-state index contributed by atoms with van der Waals surface area (Å²) in [5.74, 6) is -4.05. The van der Waals surface area contributed by atoms with E-state index in [0.29, 0.717) is 11.1 Å². The lowest BCUT2D eigenvalue weighted by molar-refractivity contribution is -0.158. The molecule has 218 valence electrons. The van der Waals surface area contributed by atoms with Crippen molar-refractivity contribution in [2.45, 2.75) is 59.7 Å². The van der Waals surface area contributed by atoms with Gasteiger partial charge in [0.2, 0.25) is 6.10 Å². The Morgan fingerprint density at radius 1 is 0.780 bits per heavy atom. The molecule has 0 heterocycles. The standard InChI is InChI=1S/C32H36O9/c1-6-21(30(36)39-8-3)19-26(33)29(35)32(38)41-20(5)27(23(7-2)31(37)40-9-4)24-17-13-14-18-25(24)28(34)22-15-11-10-12-16-22/h10-20,29,35H,6-9H2,1-5H3/b21-19+,27-23+. The maximum absolute atomic E-state index is 13.5. The summed E-state index contributed by atoms with van der Waals surface area (Å²) in [6.07, 6.45) is -2.25. The van der Waals surface area contributed by atoms with Crippen molar-refractivity contribution in [1.82, 2.24) is 0 Å². The smallest absolute Gasteiger partial charge is 0.343 e. The third kappa shape index (κ3) is 8.56. The third-order valence-electron chi connectivity index (χ3n) is 6.13. The molecule has 0 bridgehead atoms. The molecule has 9 heteroatoms. The first-order valence-corrected chi connectivity index (χ1v) is 13.5. The van der Waals surface area contributed by atoms with Crippen LogP contribution < -0.4 is 0 Å². The number of aliphatic hydroxyl groups excluding tert-OH is 1. The first-order valence-electron chi connectivity index (χ1n) is 13.5. The van der Waals surface area contributed by atoms with Crippen LogP contribution in [0.15, 0.2) is 71.8 Å². The molecular weight excluding hydrogens is 528 g/mol. The molecule has 2 aromatic rings. The van der Waals surface area contributed by atoms with E-state index >= 15 is 0 Å². The second-order valence-corrected chi connectivity index (χ2v) is 8.83. The topological polar surface area (TPSA) is 133 Å². The Kier molecular flexibility index (Phi) is 12.8. The van der Waals surface area contributed by atoms with E-state index < -0.39 is 35.9 Å². The first kappa shape index (κ1) is 32.8. The van der Waals surface area contributed by atoms with E-state index in [9.17, 15) is 29.1 Å². The number of carbonyl (C=O) groups is 5. The molecule has 9 nitrogen and oxygen atoms in total. The zero-order valence-electron chi connectivity index (χ0n) is 24.0. The third-order valence-corrected chi connectivity index (χ3v) is 6.13. The van der Waals surface area contributed by atoms with Crippen LogP contribution in [0, 0.1) is 0 Å². The van der Waals surface area contributed by atoms with Gasteiger partial charge in [0.15, 0.2) is 11.6 Å². The second-order valence-electron chi connectivity index (χ2n) is 8.83. The number of ether oxygens (including phenoxy) is 3. The molecule has 0 saturated heterocycles. The molecule has 2 unspecified atom stereocenters. The average Bonchev–Trinajstić information content (AvgIpc) is 2.98. The van der Waals surface area contributed by atoms with E-state index in [2.05, 4.69) is 0 Å². The van der Waals surface area contributed by atoms with Crippen LogP contribution in [0.2, 0.25) is 0 Å². The Labute approximate surface area is 239 Å². The molecule has 0 saturated carbocycles. The largest absolute Gasteiger partial charge is 0.463 e. The van der Waals surface area contributed by atoms with Gasteiger partial charge in [0.25, 0.3) is 0 Å². The van der Waals surface area contributed by atoms with E-state index in [-0.39, 0.29) is 54.1 Å². The van der Waals surface area contributed by atoms with E-state index in [0.717, 1.165) is 6.08 Å². The summed E-state index contributed by atoms with van der Waals surface area (Å²) in [5.41, 5.74) is 1.36. The number of esters is 3. The monoisotopic (exact) mass is 564 g/mol. The van der Waals surface area contributed by atoms with Crippen molar-refractivity contribution in [3.8, 4) is 0 Å². The van der Waals surface area contributed by atoms with E-state index in [1.165, 1.54) is 6.92 Å². The van der Waals surface area contributed by atoms with E-state index in [1.54, 1.807) is 82.3 Å². The average molecular weight is 565 g/mol. The lowest BCUT2D eigenvalue weighted by Gasteiger charge is -2.23. The highest BCUT2D eigenvalue weighted by Crippen LogP contribution is 2.31. The molecule has 0 aliphatic rings. The van der Waals surface area contributed by atoms with Gasteiger partial charge in [0.05, 0.1) is 13.2 Å². The second kappa shape index (κ2) is 16.0. The molecule has 0 aliphatic heterocycles. The maximum atomic E-state index is 13.5. The number of aliphatic hydroxyl groups is 1. The summed E-state index contributed by atoms with van der Waals surface area (Å²) in [7, 11) is 0. The van der Waals surface area contributed by atoms with Crippen molar-refractivity contribution in [2.24, 2.45) is 0 Å². The fraction of sp³-hybridized carbons (Fsp3) is 0.344. The highest BCUT2D eigenvalue weighted by molar-refractivity contribution is 6.13. The van der Waals surface area contributed by atoms with Gasteiger partial charge in [-0.1, -0.05) is 68.4 Å². The summed E-state index contributed by atoms with van der Waals surface area (Å²) in [6, 6.07) is 15.1. The summed E-state index contributed by atoms with van der Waals surface area (Å²) in [5, 5.41) is 10.4. The van der Waals surface area contributed by atoms with Crippen LogP contribution in [-0.4, -0.2) is 60.0 Å². The number of benzene rings is 2. The minimum atomic E-state index is -2.23. The van der Waals surface area contributed by atoms with Crippen LogP contribution >= 0.6 is 0 Å². The Morgan fingerprint density at radius 2 is 1.34 bits per heavy atom. The lowest BCUT2D eigenvalue weighted by Crippen LogP contribution is -2.34. The molecule has 1 N–H and O–H groups in total. The zero-order chi connectivity index (χ0) is 30.5. The van der Waals surface area contributed by atoms with Crippen molar-refractivity contribution in [3.05, 3.63) is 88.5 Å². The SMILES string of the molecule is CCOC(=O)/C(CC)=C(/c1ccccc1C(=O)c1ccccc1)C(C)OC(=O)C(O)C(=O)/C=C(\CC)C(=O)OCC. The van der Waals surface area contributed by atoms with Crippen LogP contribution in [0.1, 0.15) is 68.9 Å². The fourth-order valence-corrected chi connectivity index (χ4v) is 4.14. The molecule has 2 aromatic carbocycles. The highest BCUT2D eigenvalue weighted by Gasteiger charge is 2.31. The van der Waals surface area contributed by atoms with Crippen LogP contribution in [0.4, 0.5) is 0 Å². The van der Waals surface area contributed by atoms with E-state index in [4.69, 9.17) is 14.2 Å². The Bertz CT molecular complexity index is 1320. The number of hydrogen-bond acceptors (Lipinski definition) is 9. The fourth-order valence-electron chi connectivity index (χ4n) is 4.14. The first-order chi connectivity index (χ1) is 19.6. The van der Waals surface area contributed by atoms with Crippen LogP contribution in [0.3, 0.4) is 0 Å². The Balaban J connectivity index is 2.54. The highest BCUT2D eigenvalue weighted by atomic mass is 16.6. The van der Waals surface area contributed by atoms with Gasteiger partial charge in [-0.2, -0.15) is 0 Å². The molecule has 2 atom stereocenters. The van der Waals surface area contributed by atoms with Gasteiger partial charge in [0.1, 0.15) is 6.10 Å². The quantitative estimate of drug-likeness (QED) is 0.116.